The summed E-state index contributed by atoms with van der Waals surface area (Å²) in [6, 6.07) is 13.4. The summed E-state index contributed by atoms with van der Waals surface area (Å²) in [7, 11) is 0. The van der Waals surface area contributed by atoms with Crippen LogP contribution in [0, 0.1) is 0 Å². The Morgan fingerprint density at radius 3 is 2.32 bits per heavy atom. The molecule has 0 saturated carbocycles. The fourth-order valence-electron chi connectivity index (χ4n) is 1.52. The molecule has 19 heavy (non-hydrogen) atoms. The van der Waals surface area contributed by atoms with Crippen molar-refractivity contribution in [2.75, 3.05) is 0 Å². The van der Waals surface area contributed by atoms with Crippen LogP contribution in [0.3, 0.4) is 0 Å². The molecule has 0 radical (unpaired) electrons. The summed E-state index contributed by atoms with van der Waals surface area (Å²) < 4.78 is 0. The van der Waals surface area contributed by atoms with Crippen LogP contribution in [-0.4, -0.2) is 16.8 Å². The molecule has 0 unspecified atom stereocenters. The summed E-state index contributed by atoms with van der Waals surface area (Å²) >= 11 is 11.8. The van der Waals surface area contributed by atoms with Gasteiger partial charge in [0.15, 0.2) is 5.71 Å². The number of carboxylic acid groups (broad SMARTS) is 1. The molecule has 1 N–H and O–H groups in total. The first-order chi connectivity index (χ1) is 9.08. The van der Waals surface area contributed by atoms with Gasteiger partial charge in [-0.25, -0.2) is 9.79 Å². The second kappa shape index (κ2) is 5.87. The predicted octanol–water partition coefficient (Wildman–Crippen LogP) is 4.20. The van der Waals surface area contributed by atoms with Gasteiger partial charge in [-0.15, -0.1) is 0 Å². The number of hydrogen-bond donors (Lipinski definition) is 1. The standard InChI is InChI=1S/C14H9Cl2NO2/c15-10-6-7-12(11(16)8-10)17-13(14(18)19)9-4-2-1-3-5-9/h1-8H,(H,18,19). The van der Waals surface area contributed by atoms with E-state index in [4.69, 9.17) is 23.2 Å². The normalized spacial score (nSPS) is 11.4. The van der Waals surface area contributed by atoms with Crippen molar-refractivity contribution >= 4 is 40.6 Å². The summed E-state index contributed by atoms with van der Waals surface area (Å²) in [5, 5.41) is 10.0. The Morgan fingerprint density at radius 1 is 1.05 bits per heavy atom. The Balaban J connectivity index is 2.51. The van der Waals surface area contributed by atoms with Crippen LogP contribution in [0.25, 0.3) is 0 Å². The minimum atomic E-state index is -1.11. The molecule has 0 aliphatic carbocycles. The molecule has 2 rings (SSSR count). The summed E-state index contributed by atoms with van der Waals surface area (Å²) in [6.45, 7) is 0. The topological polar surface area (TPSA) is 49.7 Å². The van der Waals surface area contributed by atoms with E-state index in [-0.39, 0.29) is 5.71 Å². The highest BCUT2D eigenvalue weighted by atomic mass is 35.5. The molecule has 0 aliphatic rings. The maximum Gasteiger partial charge on any atom is 0.355 e. The van der Waals surface area contributed by atoms with E-state index >= 15 is 0 Å². The summed E-state index contributed by atoms with van der Waals surface area (Å²) in [5.74, 6) is -1.11. The number of hydrogen-bond acceptors (Lipinski definition) is 2. The number of rotatable bonds is 3. The number of aliphatic imine (C=N–C) groups is 1. The number of carbonyl (C=O) groups is 1. The van der Waals surface area contributed by atoms with Gasteiger partial charge in [-0.1, -0.05) is 53.5 Å². The fraction of sp³-hybridized carbons (Fsp3) is 0. The first kappa shape index (κ1) is 13.6. The zero-order valence-electron chi connectivity index (χ0n) is 9.68. The lowest BCUT2D eigenvalue weighted by molar-refractivity contribution is -0.129. The van der Waals surface area contributed by atoms with E-state index in [2.05, 4.69) is 4.99 Å². The van der Waals surface area contributed by atoms with E-state index in [1.54, 1.807) is 42.5 Å². The van der Waals surface area contributed by atoms with Crippen molar-refractivity contribution in [1.29, 1.82) is 0 Å². The highest BCUT2D eigenvalue weighted by Gasteiger charge is 2.13. The zero-order valence-corrected chi connectivity index (χ0v) is 11.2. The van der Waals surface area contributed by atoms with Crippen LogP contribution in [0.2, 0.25) is 10.0 Å². The van der Waals surface area contributed by atoms with Crippen molar-refractivity contribution in [2.24, 2.45) is 4.99 Å². The summed E-state index contributed by atoms with van der Waals surface area (Å²) in [6.07, 6.45) is 0. The molecule has 0 aliphatic heterocycles. The van der Waals surface area contributed by atoms with Gasteiger partial charge in [0.1, 0.15) is 0 Å². The van der Waals surface area contributed by atoms with Gasteiger partial charge in [-0.05, 0) is 18.2 Å². The Morgan fingerprint density at radius 2 is 1.74 bits per heavy atom. The predicted molar refractivity (Wildman–Crippen MR) is 76.7 cm³/mol. The summed E-state index contributed by atoms with van der Waals surface area (Å²) in [5.41, 5.74) is 0.818. The Bertz CT molecular complexity index is 639. The quantitative estimate of drug-likeness (QED) is 0.862. The van der Waals surface area contributed by atoms with Crippen LogP contribution in [-0.2, 0) is 4.79 Å². The van der Waals surface area contributed by atoms with Crippen LogP contribution in [0.4, 0.5) is 5.69 Å². The Kier molecular flexibility index (Phi) is 4.20. The van der Waals surface area contributed by atoms with E-state index < -0.39 is 5.97 Å². The van der Waals surface area contributed by atoms with Gasteiger partial charge in [0, 0.05) is 10.6 Å². The van der Waals surface area contributed by atoms with Gasteiger partial charge in [-0.3, -0.25) is 0 Å². The molecule has 0 bridgehead atoms. The molecule has 3 nitrogen and oxygen atoms in total. The molecule has 96 valence electrons. The highest BCUT2D eigenvalue weighted by Crippen LogP contribution is 2.28. The smallest absolute Gasteiger partial charge is 0.355 e. The summed E-state index contributed by atoms with van der Waals surface area (Å²) in [4.78, 5) is 15.4. The monoisotopic (exact) mass is 293 g/mol. The second-order valence-electron chi connectivity index (χ2n) is 3.73. The third-order valence-electron chi connectivity index (χ3n) is 2.39. The molecule has 0 heterocycles. The highest BCUT2D eigenvalue weighted by molar-refractivity contribution is 6.43. The van der Waals surface area contributed by atoms with E-state index in [9.17, 15) is 9.90 Å². The SMILES string of the molecule is O=C(O)C(=Nc1ccc(Cl)cc1Cl)c1ccccc1. The molecule has 0 atom stereocenters. The number of aliphatic carboxylic acids is 1. The average Bonchev–Trinajstić information content (AvgIpc) is 2.38. The van der Waals surface area contributed by atoms with Gasteiger partial charge in [0.2, 0.25) is 0 Å². The van der Waals surface area contributed by atoms with Gasteiger partial charge >= 0.3 is 5.97 Å². The van der Waals surface area contributed by atoms with Crippen molar-refractivity contribution in [2.45, 2.75) is 0 Å². The molecule has 0 saturated heterocycles. The fourth-order valence-corrected chi connectivity index (χ4v) is 1.98. The number of halogens is 2. The molecule has 2 aromatic rings. The lowest BCUT2D eigenvalue weighted by atomic mass is 10.1. The van der Waals surface area contributed by atoms with Crippen LogP contribution in [0.15, 0.2) is 53.5 Å². The third-order valence-corrected chi connectivity index (χ3v) is 2.93. The van der Waals surface area contributed by atoms with E-state index in [1.165, 1.54) is 6.07 Å². The van der Waals surface area contributed by atoms with Crippen molar-refractivity contribution in [1.82, 2.24) is 0 Å². The maximum atomic E-state index is 11.3. The van der Waals surface area contributed by atoms with Crippen LogP contribution < -0.4 is 0 Å². The van der Waals surface area contributed by atoms with Gasteiger partial charge in [0.05, 0.1) is 10.7 Å². The first-order valence-electron chi connectivity index (χ1n) is 5.40. The second-order valence-corrected chi connectivity index (χ2v) is 4.57. The lowest BCUT2D eigenvalue weighted by Gasteiger charge is -2.03. The van der Waals surface area contributed by atoms with Crippen molar-refractivity contribution in [3.05, 3.63) is 64.1 Å². The van der Waals surface area contributed by atoms with Crippen molar-refractivity contribution < 1.29 is 9.90 Å². The van der Waals surface area contributed by atoms with Crippen LogP contribution in [0.5, 0.6) is 0 Å². The Hall–Kier alpha value is -1.84. The van der Waals surface area contributed by atoms with E-state index in [0.29, 0.717) is 21.3 Å². The van der Waals surface area contributed by atoms with Gasteiger partial charge < -0.3 is 5.11 Å². The molecular weight excluding hydrogens is 285 g/mol. The minimum absolute atomic E-state index is 0.0650. The molecule has 0 aromatic heterocycles. The minimum Gasteiger partial charge on any atom is -0.476 e. The van der Waals surface area contributed by atoms with E-state index in [1.807, 2.05) is 0 Å². The van der Waals surface area contributed by atoms with Crippen LogP contribution >= 0.6 is 23.2 Å². The molecule has 0 amide bonds. The van der Waals surface area contributed by atoms with Crippen LogP contribution in [0.1, 0.15) is 5.56 Å². The largest absolute Gasteiger partial charge is 0.476 e. The number of nitrogens with zero attached hydrogens (tertiary/aromatic N) is 1. The first-order valence-corrected chi connectivity index (χ1v) is 6.16. The number of benzene rings is 2. The molecule has 5 heteroatoms. The number of carboxylic acids is 1. The molecule has 0 fully saturated rings. The van der Waals surface area contributed by atoms with Crippen molar-refractivity contribution in [3.8, 4) is 0 Å². The van der Waals surface area contributed by atoms with E-state index in [0.717, 1.165) is 0 Å². The third kappa shape index (κ3) is 3.34. The van der Waals surface area contributed by atoms with Crippen molar-refractivity contribution in [3.63, 3.8) is 0 Å². The van der Waals surface area contributed by atoms with Gasteiger partial charge in [-0.2, -0.15) is 0 Å². The maximum absolute atomic E-state index is 11.3. The average molecular weight is 294 g/mol. The molecule has 2 aromatic carbocycles. The molecule has 0 spiro atoms. The molecular formula is C14H9Cl2NO2. The lowest BCUT2D eigenvalue weighted by Crippen LogP contribution is -2.13. The zero-order chi connectivity index (χ0) is 13.8. The Labute approximate surface area is 120 Å². The van der Waals surface area contributed by atoms with Gasteiger partial charge in [0.25, 0.3) is 0 Å².